The molecule has 1 aliphatic rings. The Morgan fingerprint density at radius 3 is 2.48 bits per heavy atom. The lowest BCUT2D eigenvalue weighted by Crippen LogP contribution is -2.41. The van der Waals surface area contributed by atoms with Crippen molar-refractivity contribution in [3.05, 3.63) is 123 Å². The largest absolute Gasteiger partial charge is 0.493 e. The number of carbonyl (C=O) groups is 1. The molecule has 0 radical (unpaired) electrons. The smallest absolute Gasteiger partial charge is 0.434 e. The lowest BCUT2D eigenvalue weighted by atomic mass is 9.95. The van der Waals surface area contributed by atoms with Crippen molar-refractivity contribution in [3.8, 4) is 17.6 Å². The van der Waals surface area contributed by atoms with E-state index in [1.807, 2.05) is 0 Å². The molecule has 0 fully saturated rings. The normalized spacial score (nSPS) is 14.7. The summed E-state index contributed by atoms with van der Waals surface area (Å²) in [5.74, 6) is -0.661. The molecule has 236 valence electrons. The van der Waals surface area contributed by atoms with Gasteiger partial charge in [-0.3, -0.25) is 9.36 Å². The van der Waals surface area contributed by atoms with Gasteiger partial charge in [0.15, 0.2) is 22.0 Å². The number of esters is 1. The van der Waals surface area contributed by atoms with E-state index >= 15 is 0 Å². The number of carbonyl (C=O) groups excluding carboxylic acids is 1. The van der Waals surface area contributed by atoms with Gasteiger partial charge in [0.25, 0.3) is 5.56 Å². The summed E-state index contributed by atoms with van der Waals surface area (Å²) in [5, 5.41) is 9.39. The Labute approximate surface area is 277 Å². The number of halogens is 5. The van der Waals surface area contributed by atoms with E-state index in [4.69, 9.17) is 31.1 Å². The summed E-state index contributed by atoms with van der Waals surface area (Å²) < 4.78 is 61.6. The van der Waals surface area contributed by atoms with Gasteiger partial charge in [0, 0.05) is 15.1 Å². The molecule has 0 N–H and O–H groups in total. The standard InChI is InChI=1S/C32H22BrClF3N3O5S/c1-3-44-30(42)25-26(19-8-10-22(34)11-9-19)40-29(41)24(46-31(40)39-28(25)32(35,36)37)13-20-12-21(33)14-23(43-2)27(20)45-16-18-6-4-17(15-38)5-7-18/h4-14,26H,3,16H2,1-2H3/b24-13-/t26-/m1/s1. The second-order valence-corrected chi connectivity index (χ2v) is 12.1. The molecule has 4 aromatic rings. The first-order valence-corrected chi connectivity index (χ1v) is 15.5. The Bertz CT molecular complexity index is 2070. The summed E-state index contributed by atoms with van der Waals surface area (Å²) in [6.45, 7) is 1.35. The Morgan fingerprint density at radius 1 is 1.17 bits per heavy atom. The lowest BCUT2D eigenvalue weighted by Gasteiger charge is -2.26. The van der Waals surface area contributed by atoms with Crippen LogP contribution < -0.4 is 24.4 Å². The predicted molar refractivity (Wildman–Crippen MR) is 168 cm³/mol. The van der Waals surface area contributed by atoms with E-state index in [-0.39, 0.29) is 33.9 Å². The minimum absolute atomic E-state index is 0.0210. The maximum absolute atomic E-state index is 14.4. The van der Waals surface area contributed by atoms with Crippen LogP contribution in [-0.4, -0.2) is 30.4 Å². The summed E-state index contributed by atoms with van der Waals surface area (Å²) in [5.41, 5.74) is -1.13. The van der Waals surface area contributed by atoms with Gasteiger partial charge < -0.3 is 14.2 Å². The van der Waals surface area contributed by atoms with Crippen LogP contribution in [0.2, 0.25) is 5.02 Å². The third kappa shape index (κ3) is 6.74. The second kappa shape index (κ2) is 13.5. The second-order valence-electron chi connectivity index (χ2n) is 9.74. The molecule has 0 unspecified atom stereocenters. The topological polar surface area (TPSA) is 103 Å². The van der Waals surface area contributed by atoms with E-state index in [0.717, 1.165) is 21.5 Å². The van der Waals surface area contributed by atoms with Crippen molar-refractivity contribution >= 4 is 50.9 Å². The Kier molecular flexibility index (Phi) is 9.71. The molecule has 0 saturated carbocycles. The number of allylic oxidation sites excluding steroid dienone is 1. The predicted octanol–water partition coefficient (Wildman–Crippen LogP) is 6.22. The molecule has 14 heteroatoms. The maximum atomic E-state index is 14.4. The van der Waals surface area contributed by atoms with E-state index in [0.29, 0.717) is 26.4 Å². The van der Waals surface area contributed by atoms with Crippen LogP contribution in [0.1, 0.15) is 35.2 Å². The highest BCUT2D eigenvalue weighted by atomic mass is 79.9. The van der Waals surface area contributed by atoms with Gasteiger partial charge in [0.2, 0.25) is 0 Å². The van der Waals surface area contributed by atoms with Gasteiger partial charge in [0.1, 0.15) is 6.61 Å². The number of alkyl halides is 3. The minimum atomic E-state index is -5.04. The number of hydrogen-bond acceptors (Lipinski definition) is 8. The maximum Gasteiger partial charge on any atom is 0.434 e. The number of ether oxygens (including phenoxy) is 3. The number of fused-ring (bicyclic) bond motifs is 1. The van der Waals surface area contributed by atoms with Gasteiger partial charge in [-0.1, -0.05) is 63.1 Å². The summed E-state index contributed by atoms with van der Waals surface area (Å²) in [6.07, 6.45) is -3.57. The molecule has 0 bridgehead atoms. The number of rotatable bonds is 8. The molecule has 8 nitrogen and oxygen atoms in total. The Hall–Kier alpha value is -4.38. The lowest BCUT2D eigenvalue weighted by molar-refractivity contribution is -0.140. The van der Waals surface area contributed by atoms with Crippen molar-refractivity contribution in [3.63, 3.8) is 0 Å². The summed E-state index contributed by atoms with van der Waals surface area (Å²) >= 11 is 10.2. The van der Waals surface area contributed by atoms with Crippen molar-refractivity contribution in [2.45, 2.75) is 25.7 Å². The third-order valence-corrected chi connectivity index (χ3v) is 8.49. The molecule has 0 spiro atoms. The van der Waals surface area contributed by atoms with Crippen LogP contribution in [0.25, 0.3) is 6.08 Å². The van der Waals surface area contributed by atoms with Gasteiger partial charge in [-0.05, 0) is 60.5 Å². The van der Waals surface area contributed by atoms with Crippen molar-refractivity contribution in [1.29, 1.82) is 5.26 Å². The quantitative estimate of drug-likeness (QED) is 0.200. The number of methoxy groups -OCH3 is 1. The zero-order chi connectivity index (χ0) is 33.2. The number of hydrogen-bond donors (Lipinski definition) is 0. The minimum Gasteiger partial charge on any atom is -0.493 e. The van der Waals surface area contributed by atoms with E-state index in [2.05, 4.69) is 27.0 Å². The molecule has 46 heavy (non-hydrogen) atoms. The van der Waals surface area contributed by atoms with Gasteiger partial charge in [0.05, 0.1) is 41.5 Å². The molecule has 0 saturated heterocycles. The summed E-state index contributed by atoms with van der Waals surface area (Å²) in [6, 6.07) is 16.4. The molecule has 2 heterocycles. The Morgan fingerprint density at radius 2 is 1.87 bits per heavy atom. The highest BCUT2D eigenvalue weighted by Crippen LogP contribution is 2.39. The highest BCUT2D eigenvalue weighted by molar-refractivity contribution is 9.10. The molecule has 1 aromatic heterocycles. The number of nitriles is 1. The first kappa shape index (κ1) is 33.0. The van der Waals surface area contributed by atoms with Crippen molar-refractivity contribution < 1.29 is 32.2 Å². The first-order valence-electron chi connectivity index (χ1n) is 13.5. The molecular formula is C32H22BrClF3N3O5S. The Balaban J connectivity index is 1.71. The third-order valence-electron chi connectivity index (χ3n) is 6.80. The van der Waals surface area contributed by atoms with E-state index in [9.17, 15) is 22.8 Å². The fraction of sp³-hybridized carbons (Fsp3) is 0.188. The summed E-state index contributed by atoms with van der Waals surface area (Å²) in [7, 11) is 1.44. The van der Waals surface area contributed by atoms with Crippen LogP contribution >= 0.6 is 38.9 Å². The van der Waals surface area contributed by atoms with Gasteiger partial charge >= 0.3 is 12.1 Å². The van der Waals surface area contributed by atoms with Crippen molar-refractivity contribution in [2.75, 3.05) is 13.7 Å². The van der Waals surface area contributed by atoms with Crippen LogP contribution in [0.5, 0.6) is 11.5 Å². The molecule has 1 atom stereocenters. The van der Waals surface area contributed by atoms with Crippen LogP contribution in [0.15, 0.2) is 86.2 Å². The van der Waals surface area contributed by atoms with Crippen LogP contribution in [0.3, 0.4) is 0 Å². The number of nitrogens with zero attached hydrogens (tertiary/aromatic N) is 3. The highest BCUT2D eigenvalue weighted by Gasteiger charge is 2.45. The van der Waals surface area contributed by atoms with E-state index in [1.165, 1.54) is 44.4 Å². The number of benzene rings is 3. The van der Waals surface area contributed by atoms with Crippen molar-refractivity contribution in [1.82, 2.24) is 4.57 Å². The molecule has 0 amide bonds. The molecule has 1 aliphatic heterocycles. The van der Waals surface area contributed by atoms with E-state index < -0.39 is 35.0 Å². The molecule has 0 aliphatic carbocycles. The van der Waals surface area contributed by atoms with Crippen LogP contribution in [0.4, 0.5) is 13.2 Å². The number of aromatic nitrogens is 1. The molecule has 5 rings (SSSR count). The monoisotopic (exact) mass is 731 g/mol. The summed E-state index contributed by atoms with van der Waals surface area (Å²) in [4.78, 5) is 30.6. The fourth-order valence-electron chi connectivity index (χ4n) is 4.78. The SMILES string of the molecule is CCOC(=O)C1=C(C(F)(F)F)N=c2s/c(=C\c3cc(Br)cc(OC)c3OCc3ccc(C#N)cc3)c(=O)n2[C@@H]1c1ccc(Cl)cc1. The molecular weight excluding hydrogens is 711 g/mol. The number of thiazole rings is 1. The van der Waals surface area contributed by atoms with Crippen LogP contribution in [0, 0.1) is 11.3 Å². The van der Waals surface area contributed by atoms with Crippen LogP contribution in [-0.2, 0) is 16.1 Å². The van der Waals surface area contributed by atoms with Gasteiger partial charge in [-0.2, -0.15) is 18.4 Å². The fourth-order valence-corrected chi connectivity index (χ4v) is 6.35. The average molecular weight is 733 g/mol. The van der Waals surface area contributed by atoms with E-state index in [1.54, 1.807) is 36.4 Å². The zero-order valence-corrected chi connectivity index (χ0v) is 27.2. The van der Waals surface area contributed by atoms with Gasteiger partial charge in [-0.15, -0.1) is 0 Å². The van der Waals surface area contributed by atoms with Gasteiger partial charge in [-0.25, -0.2) is 9.79 Å². The molecule has 3 aromatic carbocycles. The van der Waals surface area contributed by atoms with Crippen molar-refractivity contribution in [2.24, 2.45) is 4.99 Å². The zero-order valence-electron chi connectivity index (χ0n) is 24.0. The average Bonchev–Trinajstić information content (AvgIpc) is 3.34. The first-order chi connectivity index (χ1) is 21.9.